The Hall–Kier alpha value is -1.06. The van der Waals surface area contributed by atoms with Gasteiger partial charge in [0.05, 0.1) is 12.7 Å². The Balaban J connectivity index is 3.34. The largest absolute Gasteiger partial charge is 0.466 e. The zero-order chi connectivity index (χ0) is 14.5. The molecule has 0 rings (SSSR count). The molecule has 0 aliphatic carbocycles. The molecule has 0 N–H and O–H groups in total. The van der Waals surface area contributed by atoms with E-state index in [2.05, 4.69) is 6.92 Å². The molecule has 0 bridgehead atoms. The summed E-state index contributed by atoms with van der Waals surface area (Å²) < 4.78 is 10.1. The van der Waals surface area contributed by atoms with Crippen LogP contribution in [0, 0.1) is 0 Å². The summed E-state index contributed by atoms with van der Waals surface area (Å²) >= 11 is 0. The second-order valence-corrected chi connectivity index (χ2v) is 5.03. The Labute approximate surface area is 116 Å². The minimum absolute atomic E-state index is 0.0504. The number of hydrogen-bond acceptors (Lipinski definition) is 4. The molecule has 4 nitrogen and oxygen atoms in total. The fourth-order valence-electron chi connectivity index (χ4n) is 1.65. The zero-order valence-corrected chi connectivity index (χ0v) is 12.6. The van der Waals surface area contributed by atoms with Crippen molar-refractivity contribution >= 4 is 11.9 Å². The first-order valence-corrected chi connectivity index (χ1v) is 7.41. The van der Waals surface area contributed by atoms with Crippen molar-refractivity contribution < 1.29 is 19.1 Å². The number of unbranched alkanes of at least 4 members (excludes halogenated alkanes) is 4. The highest BCUT2D eigenvalue weighted by molar-refractivity contribution is 5.70. The molecule has 0 atom stereocenters. The van der Waals surface area contributed by atoms with Gasteiger partial charge in [-0.15, -0.1) is 0 Å². The molecule has 0 aliphatic rings. The lowest BCUT2D eigenvalue weighted by atomic mass is 10.1. The van der Waals surface area contributed by atoms with Crippen LogP contribution < -0.4 is 0 Å². The molecule has 0 aromatic carbocycles. The SMILES string of the molecule is CCCCCOC(=O)CCCCCC(=O)OC(C)C. The maximum atomic E-state index is 11.3. The van der Waals surface area contributed by atoms with Crippen molar-refractivity contribution in [1.29, 1.82) is 0 Å². The summed E-state index contributed by atoms with van der Waals surface area (Å²) in [7, 11) is 0. The quantitative estimate of drug-likeness (QED) is 0.426. The first kappa shape index (κ1) is 17.9. The van der Waals surface area contributed by atoms with Gasteiger partial charge in [-0.05, 0) is 33.1 Å². The van der Waals surface area contributed by atoms with E-state index in [0.717, 1.165) is 38.5 Å². The Kier molecular flexibility index (Phi) is 11.3. The monoisotopic (exact) mass is 272 g/mol. The van der Waals surface area contributed by atoms with Crippen LogP contribution in [-0.2, 0) is 19.1 Å². The third kappa shape index (κ3) is 13.2. The standard InChI is InChI=1S/C15H28O4/c1-4-5-9-12-18-14(16)10-7-6-8-11-15(17)19-13(2)3/h13H,4-12H2,1-3H3. The second kappa shape index (κ2) is 12.0. The Bertz CT molecular complexity index is 249. The van der Waals surface area contributed by atoms with E-state index in [1.54, 1.807) is 0 Å². The predicted molar refractivity (Wildman–Crippen MR) is 74.8 cm³/mol. The minimum atomic E-state index is -0.155. The van der Waals surface area contributed by atoms with Gasteiger partial charge in [-0.3, -0.25) is 9.59 Å². The van der Waals surface area contributed by atoms with E-state index in [0.29, 0.717) is 19.4 Å². The lowest BCUT2D eigenvalue weighted by Crippen LogP contribution is -2.11. The fraction of sp³-hybridized carbons (Fsp3) is 0.867. The van der Waals surface area contributed by atoms with Crippen molar-refractivity contribution in [3.8, 4) is 0 Å². The molecule has 4 heteroatoms. The Morgan fingerprint density at radius 1 is 0.895 bits per heavy atom. The lowest BCUT2D eigenvalue weighted by Gasteiger charge is -2.07. The average molecular weight is 272 g/mol. The second-order valence-electron chi connectivity index (χ2n) is 5.03. The van der Waals surface area contributed by atoms with Crippen LogP contribution in [0.1, 0.15) is 72.1 Å². The summed E-state index contributed by atoms with van der Waals surface area (Å²) in [6.45, 7) is 6.33. The summed E-state index contributed by atoms with van der Waals surface area (Å²) in [5, 5.41) is 0. The summed E-state index contributed by atoms with van der Waals surface area (Å²) in [4.78, 5) is 22.6. The maximum Gasteiger partial charge on any atom is 0.306 e. The molecule has 0 saturated heterocycles. The van der Waals surface area contributed by atoms with Crippen molar-refractivity contribution in [2.45, 2.75) is 78.2 Å². The van der Waals surface area contributed by atoms with Gasteiger partial charge in [0.1, 0.15) is 0 Å². The first-order valence-electron chi connectivity index (χ1n) is 7.41. The van der Waals surface area contributed by atoms with E-state index in [1.165, 1.54) is 0 Å². The number of carbonyl (C=O) groups is 2. The van der Waals surface area contributed by atoms with Crippen LogP contribution in [0.5, 0.6) is 0 Å². The van der Waals surface area contributed by atoms with Crippen LogP contribution in [0.15, 0.2) is 0 Å². The van der Waals surface area contributed by atoms with E-state index in [4.69, 9.17) is 9.47 Å². The molecular formula is C15H28O4. The van der Waals surface area contributed by atoms with E-state index >= 15 is 0 Å². The van der Waals surface area contributed by atoms with Crippen LogP contribution in [-0.4, -0.2) is 24.6 Å². The average Bonchev–Trinajstić information content (AvgIpc) is 2.33. The van der Waals surface area contributed by atoms with Crippen LogP contribution in [0.4, 0.5) is 0 Å². The van der Waals surface area contributed by atoms with E-state index < -0.39 is 0 Å². The number of ether oxygens (including phenoxy) is 2. The number of esters is 2. The van der Waals surface area contributed by atoms with Crippen LogP contribution in [0.3, 0.4) is 0 Å². The summed E-state index contributed by atoms with van der Waals surface area (Å²) in [5.41, 5.74) is 0. The number of carbonyl (C=O) groups excluding carboxylic acids is 2. The molecule has 0 aliphatic heterocycles. The molecule has 0 amide bonds. The zero-order valence-electron chi connectivity index (χ0n) is 12.6. The van der Waals surface area contributed by atoms with Gasteiger partial charge >= 0.3 is 11.9 Å². The van der Waals surface area contributed by atoms with Crippen molar-refractivity contribution in [3.05, 3.63) is 0 Å². The molecule has 0 saturated carbocycles. The lowest BCUT2D eigenvalue weighted by molar-refractivity contribution is -0.147. The van der Waals surface area contributed by atoms with E-state index in [9.17, 15) is 9.59 Å². The summed E-state index contributed by atoms with van der Waals surface area (Å²) in [6.07, 6.45) is 6.42. The van der Waals surface area contributed by atoms with Gasteiger partial charge < -0.3 is 9.47 Å². The maximum absolute atomic E-state index is 11.3. The fourth-order valence-corrected chi connectivity index (χ4v) is 1.65. The molecule has 0 spiro atoms. The molecule has 0 aromatic heterocycles. The molecule has 0 heterocycles. The summed E-state index contributed by atoms with van der Waals surface area (Å²) in [6, 6.07) is 0. The minimum Gasteiger partial charge on any atom is -0.466 e. The highest BCUT2D eigenvalue weighted by Gasteiger charge is 2.06. The van der Waals surface area contributed by atoms with Gasteiger partial charge in [-0.1, -0.05) is 26.2 Å². The van der Waals surface area contributed by atoms with Gasteiger partial charge in [0, 0.05) is 12.8 Å². The molecule has 0 unspecified atom stereocenters. The normalized spacial score (nSPS) is 10.5. The van der Waals surface area contributed by atoms with Crippen molar-refractivity contribution in [2.75, 3.05) is 6.61 Å². The third-order valence-corrected chi connectivity index (χ3v) is 2.64. The first-order chi connectivity index (χ1) is 9.06. The molecule has 0 radical (unpaired) electrons. The highest BCUT2D eigenvalue weighted by atomic mass is 16.5. The smallest absolute Gasteiger partial charge is 0.306 e. The molecular weight excluding hydrogens is 244 g/mol. The molecule has 19 heavy (non-hydrogen) atoms. The third-order valence-electron chi connectivity index (χ3n) is 2.64. The van der Waals surface area contributed by atoms with E-state index in [-0.39, 0.29) is 18.0 Å². The van der Waals surface area contributed by atoms with Gasteiger partial charge in [-0.25, -0.2) is 0 Å². The van der Waals surface area contributed by atoms with E-state index in [1.807, 2.05) is 13.8 Å². The molecule has 0 aromatic rings. The van der Waals surface area contributed by atoms with Crippen molar-refractivity contribution in [2.24, 2.45) is 0 Å². The van der Waals surface area contributed by atoms with Crippen molar-refractivity contribution in [1.82, 2.24) is 0 Å². The summed E-state index contributed by atoms with van der Waals surface area (Å²) in [5.74, 6) is -0.280. The highest BCUT2D eigenvalue weighted by Crippen LogP contribution is 2.06. The van der Waals surface area contributed by atoms with Gasteiger partial charge in [0.2, 0.25) is 0 Å². The molecule has 0 fully saturated rings. The van der Waals surface area contributed by atoms with Gasteiger partial charge in [-0.2, -0.15) is 0 Å². The Morgan fingerprint density at radius 2 is 1.53 bits per heavy atom. The van der Waals surface area contributed by atoms with Crippen LogP contribution in [0.25, 0.3) is 0 Å². The number of hydrogen-bond donors (Lipinski definition) is 0. The molecule has 112 valence electrons. The van der Waals surface area contributed by atoms with Crippen LogP contribution in [0.2, 0.25) is 0 Å². The predicted octanol–water partition coefficient (Wildman–Crippen LogP) is 3.62. The topological polar surface area (TPSA) is 52.6 Å². The number of rotatable bonds is 11. The van der Waals surface area contributed by atoms with Crippen LogP contribution >= 0.6 is 0 Å². The van der Waals surface area contributed by atoms with Gasteiger partial charge in [0.25, 0.3) is 0 Å². The van der Waals surface area contributed by atoms with Crippen molar-refractivity contribution in [3.63, 3.8) is 0 Å². The Morgan fingerprint density at radius 3 is 2.11 bits per heavy atom. The van der Waals surface area contributed by atoms with Gasteiger partial charge in [0.15, 0.2) is 0 Å².